The number of hydrogen-bond donors (Lipinski definition) is 4. The number of rotatable bonds is 3. The molecule has 0 aliphatic carbocycles. The van der Waals surface area contributed by atoms with Crippen LogP contribution in [0.5, 0.6) is 11.5 Å². The highest BCUT2D eigenvalue weighted by molar-refractivity contribution is 6.03. The third-order valence-electron chi connectivity index (χ3n) is 5.25. The normalized spacial score (nSPS) is 34.3. The number of ether oxygens (including phenoxy) is 3. The molecule has 2 aromatic carbocycles. The van der Waals surface area contributed by atoms with Crippen LogP contribution in [0.2, 0.25) is 0 Å². The van der Waals surface area contributed by atoms with Crippen LogP contribution >= 0.6 is 0 Å². The highest BCUT2D eigenvalue weighted by Gasteiger charge is 2.47. The second kappa shape index (κ2) is 7.74. The summed E-state index contributed by atoms with van der Waals surface area (Å²) in [6, 6.07) is 12.9. The Hall–Kier alpha value is -2.49. The first-order chi connectivity index (χ1) is 13.9. The Labute approximate surface area is 166 Å². The topological polar surface area (TPSA) is 126 Å². The van der Waals surface area contributed by atoms with E-state index in [0.29, 0.717) is 16.9 Å². The Morgan fingerprint density at radius 2 is 1.62 bits per heavy atom. The van der Waals surface area contributed by atoms with Gasteiger partial charge in [0.1, 0.15) is 29.8 Å². The number of hydrogen-bond acceptors (Lipinski definition) is 8. The van der Waals surface area contributed by atoms with Crippen molar-refractivity contribution in [3.8, 4) is 11.5 Å². The predicted molar refractivity (Wildman–Crippen MR) is 99.5 cm³/mol. The fourth-order valence-electron chi connectivity index (χ4n) is 3.57. The van der Waals surface area contributed by atoms with E-state index in [-0.39, 0.29) is 11.5 Å². The Kier molecular flexibility index (Phi) is 5.28. The van der Waals surface area contributed by atoms with E-state index >= 15 is 0 Å². The van der Waals surface area contributed by atoms with Crippen LogP contribution < -0.4 is 4.74 Å². The van der Waals surface area contributed by atoms with Gasteiger partial charge in [0.05, 0.1) is 11.7 Å². The minimum Gasteiger partial charge on any atom is -0.508 e. The number of phenols is 1. The third kappa shape index (κ3) is 3.61. The Morgan fingerprint density at radius 1 is 0.931 bits per heavy atom. The third-order valence-corrected chi connectivity index (χ3v) is 5.25. The summed E-state index contributed by atoms with van der Waals surface area (Å²) in [5.74, 6) is 0.0871. The van der Waals surface area contributed by atoms with Crippen LogP contribution in [0, 0.1) is 0 Å². The Balaban J connectivity index is 1.68. The molecule has 154 valence electrons. The fourth-order valence-corrected chi connectivity index (χ4v) is 3.57. The average molecular weight is 402 g/mol. The van der Waals surface area contributed by atoms with Crippen molar-refractivity contribution in [3.63, 3.8) is 0 Å². The van der Waals surface area contributed by atoms with Gasteiger partial charge in [-0.1, -0.05) is 24.3 Å². The second-order valence-corrected chi connectivity index (χ2v) is 7.23. The molecule has 2 heterocycles. The maximum atomic E-state index is 13.2. The van der Waals surface area contributed by atoms with Crippen molar-refractivity contribution < 1.29 is 39.4 Å². The summed E-state index contributed by atoms with van der Waals surface area (Å²) in [5.41, 5.74) is 0.904. The molecule has 0 aromatic heterocycles. The number of para-hydroxylation sites is 1. The van der Waals surface area contributed by atoms with Gasteiger partial charge in [0.25, 0.3) is 0 Å². The lowest BCUT2D eigenvalue weighted by molar-refractivity contribution is -0.304. The van der Waals surface area contributed by atoms with Crippen LogP contribution in [0.25, 0.3) is 0 Å². The molecule has 0 amide bonds. The SMILES string of the molecule is C[C@@H]1O[C@@H](OC2C(=O)c3ccccc3OC2c2ccc(O)cc2)[C@H](O)[C@H](O)[C@H]1O. The van der Waals surface area contributed by atoms with Crippen molar-refractivity contribution in [2.45, 2.75) is 49.8 Å². The fraction of sp³-hybridized carbons (Fsp3) is 0.381. The monoisotopic (exact) mass is 402 g/mol. The van der Waals surface area contributed by atoms with Gasteiger partial charge in [0.15, 0.2) is 24.3 Å². The molecule has 4 N–H and O–H groups in total. The first kappa shape index (κ1) is 19.8. The van der Waals surface area contributed by atoms with Crippen LogP contribution in [-0.2, 0) is 9.47 Å². The number of carbonyl (C=O) groups is 1. The molecular weight excluding hydrogens is 380 g/mol. The number of carbonyl (C=O) groups excluding carboxylic acids is 1. The van der Waals surface area contributed by atoms with Gasteiger partial charge >= 0.3 is 0 Å². The van der Waals surface area contributed by atoms with Gasteiger partial charge in [0, 0.05) is 0 Å². The lowest BCUT2D eigenvalue weighted by Gasteiger charge is -2.42. The van der Waals surface area contributed by atoms with Gasteiger partial charge in [-0.05, 0) is 36.8 Å². The number of benzene rings is 2. The van der Waals surface area contributed by atoms with Crippen molar-refractivity contribution in [2.75, 3.05) is 0 Å². The van der Waals surface area contributed by atoms with Crippen molar-refractivity contribution in [1.29, 1.82) is 0 Å². The van der Waals surface area contributed by atoms with E-state index in [0.717, 1.165) is 0 Å². The van der Waals surface area contributed by atoms with Gasteiger partial charge < -0.3 is 34.6 Å². The maximum Gasteiger partial charge on any atom is 0.199 e. The first-order valence-corrected chi connectivity index (χ1v) is 9.31. The number of ketones is 1. The molecule has 0 bridgehead atoms. The molecule has 2 aromatic rings. The minimum absolute atomic E-state index is 0.0609. The molecular formula is C21H22O8. The van der Waals surface area contributed by atoms with Crippen molar-refractivity contribution in [1.82, 2.24) is 0 Å². The molecule has 7 atom stereocenters. The molecule has 8 heteroatoms. The van der Waals surface area contributed by atoms with Gasteiger partial charge in [-0.25, -0.2) is 0 Å². The molecule has 29 heavy (non-hydrogen) atoms. The van der Waals surface area contributed by atoms with Crippen molar-refractivity contribution in [2.24, 2.45) is 0 Å². The second-order valence-electron chi connectivity index (χ2n) is 7.23. The molecule has 4 rings (SSSR count). The molecule has 0 spiro atoms. The van der Waals surface area contributed by atoms with E-state index in [2.05, 4.69) is 0 Å². The minimum atomic E-state index is -1.55. The summed E-state index contributed by atoms with van der Waals surface area (Å²) in [7, 11) is 0. The van der Waals surface area contributed by atoms with Crippen LogP contribution in [0.15, 0.2) is 48.5 Å². The Bertz CT molecular complexity index is 883. The molecule has 1 fully saturated rings. The van der Waals surface area contributed by atoms with Gasteiger partial charge in [-0.3, -0.25) is 4.79 Å². The van der Waals surface area contributed by atoms with Crippen LogP contribution in [0.1, 0.15) is 28.9 Å². The van der Waals surface area contributed by atoms with Crippen molar-refractivity contribution >= 4 is 5.78 Å². The molecule has 2 unspecified atom stereocenters. The summed E-state index contributed by atoms with van der Waals surface area (Å²) in [5, 5.41) is 39.8. The van der Waals surface area contributed by atoms with E-state index in [1.807, 2.05) is 0 Å². The molecule has 2 aliphatic heterocycles. The molecule has 8 nitrogen and oxygen atoms in total. The summed E-state index contributed by atoms with van der Waals surface area (Å²) in [4.78, 5) is 13.2. The number of phenolic OH excluding ortho intramolecular Hbond substituents is 1. The number of aliphatic hydroxyl groups is 3. The van der Waals surface area contributed by atoms with E-state index < -0.39 is 42.9 Å². The average Bonchev–Trinajstić information content (AvgIpc) is 2.72. The lowest BCUT2D eigenvalue weighted by atomic mass is 9.93. The van der Waals surface area contributed by atoms with E-state index in [1.165, 1.54) is 19.1 Å². The largest absolute Gasteiger partial charge is 0.508 e. The summed E-state index contributed by atoms with van der Waals surface area (Å²) < 4.78 is 17.3. The highest BCUT2D eigenvalue weighted by Crippen LogP contribution is 2.38. The quantitative estimate of drug-likeness (QED) is 0.597. The molecule has 1 saturated heterocycles. The smallest absolute Gasteiger partial charge is 0.199 e. The zero-order valence-corrected chi connectivity index (χ0v) is 15.6. The number of aromatic hydroxyl groups is 1. The predicted octanol–water partition coefficient (Wildman–Crippen LogP) is 0.921. The first-order valence-electron chi connectivity index (χ1n) is 9.31. The molecule has 2 aliphatic rings. The van der Waals surface area contributed by atoms with Gasteiger partial charge in [-0.15, -0.1) is 0 Å². The zero-order valence-electron chi connectivity index (χ0n) is 15.6. The summed E-state index contributed by atoms with van der Waals surface area (Å²) in [6.07, 6.45) is -8.51. The van der Waals surface area contributed by atoms with Crippen molar-refractivity contribution in [3.05, 3.63) is 59.7 Å². The number of Topliss-reactive ketones (excluding diaryl/α,β-unsaturated/α-hetero) is 1. The van der Waals surface area contributed by atoms with Crippen LogP contribution in [0.4, 0.5) is 0 Å². The van der Waals surface area contributed by atoms with E-state index in [1.54, 1.807) is 36.4 Å². The van der Waals surface area contributed by atoms with E-state index in [9.17, 15) is 25.2 Å². The molecule has 0 radical (unpaired) electrons. The Morgan fingerprint density at radius 3 is 2.34 bits per heavy atom. The van der Waals surface area contributed by atoms with Gasteiger partial charge in [0.2, 0.25) is 0 Å². The summed E-state index contributed by atoms with van der Waals surface area (Å²) >= 11 is 0. The maximum absolute atomic E-state index is 13.2. The lowest BCUT2D eigenvalue weighted by Crippen LogP contribution is -2.59. The summed E-state index contributed by atoms with van der Waals surface area (Å²) in [6.45, 7) is 1.53. The van der Waals surface area contributed by atoms with E-state index in [4.69, 9.17) is 14.2 Å². The highest BCUT2D eigenvalue weighted by atomic mass is 16.7. The number of fused-ring (bicyclic) bond motifs is 1. The van der Waals surface area contributed by atoms with Gasteiger partial charge in [-0.2, -0.15) is 0 Å². The number of aliphatic hydroxyl groups excluding tert-OH is 3. The van der Waals surface area contributed by atoms with Crippen LogP contribution in [0.3, 0.4) is 0 Å². The standard InChI is InChI=1S/C21H22O8/c1-10-15(23)17(25)18(26)21(27-10)29-20-16(24)13-4-2-3-5-14(13)28-19(20)11-6-8-12(22)9-7-11/h2-10,15,17-23,25-26H,1H3/t10-,15-,17+,18+,19?,20?,21-/m0/s1. The molecule has 0 saturated carbocycles. The van der Waals surface area contributed by atoms with Crippen LogP contribution in [-0.4, -0.2) is 63.0 Å². The zero-order chi connectivity index (χ0) is 20.7.